The second-order valence-electron chi connectivity index (χ2n) is 6.95. The van der Waals surface area contributed by atoms with Crippen molar-refractivity contribution in [2.24, 2.45) is 5.73 Å². The van der Waals surface area contributed by atoms with Gasteiger partial charge in [-0.1, -0.05) is 12.1 Å². The molecule has 0 saturated carbocycles. The van der Waals surface area contributed by atoms with Gasteiger partial charge in [0.25, 0.3) is 0 Å². The highest BCUT2D eigenvalue weighted by molar-refractivity contribution is 5.93. The molecule has 0 aliphatic carbocycles. The number of hydrogen-bond donors (Lipinski definition) is 1. The Morgan fingerprint density at radius 2 is 1.81 bits per heavy atom. The van der Waals surface area contributed by atoms with E-state index in [0.717, 1.165) is 16.6 Å². The Morgan fingerprint density at radius 3 is 2.58 bits per heavy atom. The first-order valence-corrected chi connectivity index (χ1v) is 9.99. The normalized spacial score (nSPS) is 15.4. The third-order valence-electron chi connectivity index (χ3n) is 5.05. The minimum absolute atomic E-state index is 0.0647. The summed E-state index contributed by atoms with van der Waals surface area (Å²) in [5, 5.41) is 0. The summed E-state index contributed by atoms with van der Waals surface area (Å²) in [5.74, 6) is -1.31. The molecule has 1 aromatic heterocycles. The van der Waals surface area contributed by atoms with Crippen LogP contribution in [0.2, 0.25) is 0 Å². The maximum atomic E-state index is 12.6. The number of hydrogen-bond acceptors (Lipinski definition) is 8. The van der Waals surface area contributed by atoms with Crippen LogP contribution in [-0.2, 0) is 19.1 Å². The SMILES string of the molecule is CCOC(=O)CC1C(C(=O)OCC)=C(N)Oc2ccc(-c3ccc4ocnc4c3)cc21. The molecule has 1 aliphatic rings. The van der Waals surface area contributed by atoms with Gasteiger partial charge in [-0.2, -0.15) is 0 Å². The molecular formula is C23H22N2O6. The fraction of sp³-hybridized carbons (Fsp3) is 0.261. The maximum Gasteiger partial charge on any atom is 0.340 e. The Bertz CT molecular complexity index is 1180. The van der Waals surface area contributed by atoms with E-state index in [1.165, 1.54) is 6.39 Å². The Balaban J connectivity index is 1.78. The molecule has 160 valence electrons. The summed E-state index contributed by atoms with van der Waals surface area (Å²) in [7, 11) is 0. The Kier molecular flexibility index (Phi) is 5.62. The molecule has 4 rings (SSSR count). The minimum atomic E-state index is -0.655. The lowest BCUT2D eigenvalue weighted by molar-refractivity contribution is -0.143. The van der Waals surface area contributed by atoms with Crippen LogP contribution in [0.5, 0.6) is 5.75 Å². The van der Waals surface area contributed by atoms with E-state index in [4.69, 9.17) is 24.4 Å². The smallest absolute Gasteiger partial charge is 0.340 e. The number of carbonyl (C=O) groups excluding carboxylic acids is 2. The van der Waals surface area contributed by atoms with Crippen molar-refractivity contribution in [2.45, 2.75) is 26.2 Å². The summed E-state index contributed by atoms with van der Waals surface area (Å²) in [6, 6.07) is 11.2. The molecule has 0 radical (unpaired) electrons. The number of carbonyl (C=O) groups is 2. The number of oxazole rings is 1. The van der Waals surface area contributed by atoms with Gasteiger partial charge in [0.1, 0.15) is 16.8 Å². The maximum absolute atomic E-state index is 12.6. The zero-order valence-electron chi connectivity index (χ0n) is 17.2. The largest absolute Gasteiger partial charge is 0.466 e. The van der Waals surface area contributed by atoms with Crippen molar-refractivity contribution in [3.8, 4) is 16.9 Å². The van der Waals surface area contributed by atoms with Crippen molar-refractivity contribution < 1.29 is 28.2 Å². The number of nitrogens with zero attached hydrogens (tertiary/aromatic N) is 1. The number of benzene rings is 2. The number of esters is 2. The molecule has 8 heteroatoms. The summed E-state index contributed by atoms with van der Waals surface area (Å²) in [4.78, 5) is 29.2. The van der Waals surface area contributed by atoms with Crippen molar-refractivity contribution in [3.63, 3.8) is 0 Å². The van der Waals surface area contributed by atoms with Crippen LogP contribution in [0.3, 0.4) is 0 Å². The van der Waals surface area contributed by atoms with E-state index in [0.29, 0.717) is 16.9 Å². The van der Waals surface area contributed by atoms with E-state index in [2.05, 4.69) is 4.98 Å². The molecule has 2 aromatic carbocycles. The predicted molar refractivity (Wildman–Crippen MR) is 112 cm³/mol. The van der Waals surface area contributed by atoms with E-state index >= 15 is 0 Å². The van der Waals surface area contributed by atoms with Crippen molar-refractivity contribution in [2.75, 3.05) is 13.2 Å². The zero-order valence-corrected chi connectivity index (χ0v) is 17.2. The molecule has 0 saturated heterocycles. The highest BCUT2D eigenvalue weighted by Gasteiger charge is 2.36. The van der Waals surface area contributed by atoms with Gasteiger partial charge in [0.15, 0.2) is 12.0 Å². The topological polar surface area (TPSA) is 114 Å². The molecule has 3 aromatic rings. The third-order valence-corrected chi connectivity index (χ3v) is 5.05. The predicted octanol–water partition coefficient (Wildman–Crippen LogP) is 3.66. The number of rotatable bonds is 6. The van der Waals surface area contributed by atoms with Gasteiger partial charge < -0.3 is 24.4 Å². The van der Waals surface area contributed by atoms with E-state index in [-0.39, 0.29) is 31.1 Å². The molecule has 31 heavy (non-hydrogen) atoms. The highest BCUT2D eigenvalue weighted by atomic mass is 16.5. The molecule has 2 N–H and O–H groups in total. The van der Waals surface area contributed by atoms with Crippen LogP contribution in [0.4, 0.5) is 0 Å². The first kappa shape index (κ1) is 20.5. The zero-order chi connectivity index (χ0) is 22.0. The molecule has 1 atom stereocenters. The van der Waals surface area contributed by atoms with Gasteiger partial charge in [0, 0.05) is 11.5 Å². The van der Waals surface area contributed by atoms with Crippen LogP contribution in [0.15, 0.2) is 58.7 Å². The van der Waals surface area contributed by atoms with E-state index < -0.39 is 17.9 Å². The summed E-state index contributed by atoms with van der Waals surface area (Å²) >= 11 is 0. The first-order valence-electron chi connectivity index (χ1n) is 9.99. The molecule has 8 nitrogen and oxygen atoms in total. The number of nitrogens with two attached hydrogens (primary N) is 1. The van der Waals surface area contributed by atoms with Crippen LogP contribution in [0.1, 0.15) is 31.7 Å². The van der Waals surface area contributed by atoms with Gasteiger partial charge >= 0.3 is 11.9 Å². The molecule has 0 fully saturated rings. The third kappa shape index (κ3) is 3.96. The van der Waals surface area contributed by atoms with E-state index in [1.807, 2.05) is 30.3 Å². The summed E-state index contributed by atoms with van der Waals surface area (Å²) in [5.41, 5.74) is 10.0. The Labute approximate surface area is 178 Å². The molecular weight excluding hydrogens is 400 g/mol. The van der Waals surface area contributed by atoms with Crippen molar-refractivity contribution in [3.05, 3.63) is 59.8 Å². The fourth-order valence-electron chi connectivity index (χ4n) is 3.68. The molecule has 1 aliphatic heterocycles. The average Bonchev–Trinajstić information content (AvgIpc) is 3.21. The highest BCUT2D eigenvalue weighted by Crippen LogP contribution is 2.42. The van der Waals surface area contributed by atoms with Crippen LogP contribution >= 0.6 is 0 Å². The lowest BCUT2D eigenvalue weighted by Crippen LogP contribution is -2.28. The van der Waals surface area contributed by atoms with Crippen LogP contribution in [0.25, 0.3) is 22.2 Å². The average molecular weight is 422 g/mol. The monoisotopic (exact) mass is 422 g/mol. The fourth-order valence-corrected chi connectivity index (χ4v) is 3.68. The van der Waals surface area contributed by atoms with E-state index in [1.54, 1.807) is 19.9 Å². The Morgan fingerprint density at radius 1 is 1.06 bits per heavy atom. The lowest BCUT2D eigenvalue weighted by Gasteiger charge is -2.28. The number of aromatic nitrogens is 1. The van der Waals surface area contributed by atoms with Gasteiger partial charge in [0.2, 0.25) is 5.88 Å². The molecule has 2 heterocycles. The quantitative estimate of drug-likeness (QED) is 0.599. The van der Waals surface area contributed by atoms with Crippen LogP contribution < -0.4 is 10.5 Å². The first-order chi connectivity index (χ1) is 15.0. The summed E-state index contributed by atoms with van der Waals surface area (Å²) < 4.78 is 21.3. The minimum Gasteiger partial charge on any atom is -0.466 e. The van der Waals surface area contributed by atoms with Crippen molar-refractivity contribution >= 4 is 23.0 Å². The van der Waals surface area contributed by atoms with Crippen LogP contribution in [-0.4, -0.2) is 30.1 Å². The van der Waals surface area contributed by atoms with Gasteiger partial charge in [-0.05, 0) is 49.2 Å². The van der Waals surface area contributed by atoms with Gasteiger partial charge in [-0.15, -0.1) is 0 Å². The molecule has 0 amide bonds. The van der Waals surface area contributed by atoms with Crippen LogP contribution in [0, 0.1) is 0 Å². The summed E-state index contributed by atoms with van der Waals surface area (Å²) in [6.07, 6.45) is 1.33. The van der Waals surface area contributed by atoms with Crippen molar-refractivity contribution in [1.82, 2.24) is 4.98 Å². The van der Waals surface area contributed by atoms with Gasteiger partial charge in [0.05, 0.1) is 19.6 Å². The second kappa shape index (κ2) is 8.51. The molecule has 1 unspecified atom stereocenters. The Hall–Kier alpha value is -3.81. The van der Waals surface area contributed by atoms with E-state index in [9.17, 15) is 9.59 Å². The molecule has 0 bridgehead atoms. The van der Waals surface area contributed by atoms with Gasteiger partial charge in [-0.25, -0.2) is 9.78 Å². The molecule has 0 spiro atoms. The number of fused-ring (bicyclic) bond motifs is 2. The summed E-state index contributed by atoms with van der Waals surface area (Å²) in [6.45, 7) is 3.84. The van der Waals surface area contributed by atoms with Gasteiger partial charge in [-0.3, -0.25) is 4.79 Å². The number of ether oxygens (including phenoxy) is 3. The van der Waals surface area contributed by atoms with Crippen molar-refractivity contribution in [1.29, 1.82) is 0 Å². The second-order valence-corrected chi connectivity index (χ2v) is 6.95. The standard InChI is InChI=1S/C23H22N2O6/c1-3-28-20(26)11-16-15-9-13(14-6-8-19-17(10-14)25-12-30-19)5-7-18(15)31-22(24)21(16)23(27)29-4-2/h5-10,12,16H,3-4,11,24H2,1-2H3. The lowest BCUT2D eigenvalue weighted by atomic mass is 9.84.